The Morgan fingerprint density at radius 3 is 2.62 bits per heavy atom. The number of aromatic nitrogens is 1. The summed E-state index contributed by atoms with van der Waals surface area (Å²) in [5, 5.41) is 12.5. The van der Waals surface area contributed by atoms with Crippen LogP contribution >= 0.6 is 11.3 Å². The molecule has 4 rings (SSSR count). The molecule has 0 atom stereocenters. The number of benzene rings is 2. The predicted molar refractivity (Wildman–Crippen MR) is 97.8 cm³/mol. The van der Waals surface area contributed by atoms with E-state index in [0.717, 1.165) is 10.9 Å². The summed E-state index contributed by atoms with van der Waals surface area (Å²) in [5.41, 5.74) is 3.52. The molecule has 2 aromatic heterocycles. The number of rotatable bonds is 4. The Balaban J connectivity index is 1.71. The van der Waals surface area contributed by atoms with E-state index in [-0.39, 0.29) is 0 Å². The van der Waals surface area contributed by atoms with Gasteiger partial charge in [-0.05, 0) is 34.7 Å². The number of nitrogens with zero attached hydrogens (tertiary/aromatic N) is 1. The number of carboxylic acid groups (broad SMARTS) is 1. The second-order valence-corrected chi connectivity index (χ2v) is 6.66. The Kier molecular flexibility index (Phi) is 3.67. The first kappa shape index (κ1) is 14.7. The van der Waals surface area contributed by atoms with Crippen molar-refractivity contribution in [2.75, 3.05) is 0 Å². The molecule has 0 saturated heterocycles. The highest BCUT2D eigenvalue weighted by atomic mass is 32.1. The summed E-state index contributed by atoms with van der Waals surface area (Å²) < 4.78 is 2.01. The van der Waals surface area contributed by atoms with Crippen LogP contribution in [-0.2, 0) is 6.54 Å². The number of hydrogen-bond acceptors (Lipinski definition) is 2. The second-order valence-electron chi connectivity index (χ2n) is 5.66. The van der Waals surface area contributed by atoms with Gasteiger partial charge in [-0.15, -0.1) is 11.3 Å². The van der Waals surface area contributed by atoms with Crippen molar-refractivity contribution < 1.29 is 9.90 Å². The standard InChI is InChI=1S/C20H15NO2S/c22-20(23)18-8-4-7-15-9-10-21(19(15)18)12-17-11-16(13-24-17)14-5-2-1-3-6-14/h1-11,13H,12H2,(H,22,23). The average Bonchev–Trinajstić information content (AvgIpc) is 3.23. The molecule has 4 aromatic rings. The van der Waals surface area contributed by atoms with Crippen LogP contribution in [0.1, 0.15) is 15.2 Å². The first-order chi connectivity index (χ1) is 11.7. The van der Waals surface area contributed by atoms with Crippen LogP contribution in [0.5, 0.6) is 0 Å². The molecule has 0 amide bonds. The third-order valence-corrected chi connectivity index (χ3v) is 5.03. The first-order valence-corrected chi connectivity index (χ1v) is 8.54. The summed E-state index contributed by atoms with van der Waals surface area (Å²) in [6.07, 6.45) is 1.96. The van der Waals surface area contributed by atoms with E-state index >= 15 is 0 Å². The van der Waals surface area contributed by atoms with E-state index in [1.807, 2.05) is 41.1 Å². The molecule has 0 aliphatic rings. The molecule has 0 unspecified atom stereocenters. The highest BCUT2D eigenvalue weighted by Gasteiger charge is 2.13. The second kappa shape index (κ2) is 5.98. The van der Waals surface area contributed by atoms with Gasteiger partial charge in [0.25, 0.3) is 0 Å². The number of fused-ring (bicyclic) bond motifs is 1. The third-order valence-electron chi connectivity index (χ3n) is 4.11. The van der Waals surface area contributed by atoms with Gasteiger partial charge in [0.15, 0.2) is 0 Å². The first-order valence-electron chi connectivity index (χ1n) is 7.66. The molecule has 2 heterocycles. The van der Waals surface area contributed by atoms with E-state index < -0.39 is 5.97 Å². The van der Waals surface area contributed by atoms with Crippen molar-refractivity contribution in [1.29, 1.82) is 0 Å². The summed E-state index contributed by atoms with van der Waals surface area (Å²) in [6.45, 7) is 0.672. The Morgan fingerprint density at radius 1 is 1.00 bits per heavy atom. The van der Waals surface area contributed by atoms with E-state index in [2.05, 4.69) is 23.6 Å². The lowest BCUT2D eigenvalue weighted by Crippen LogP contribution is -2.03. The lowest BCUT2D eigenvalue weighted by atomic mass is 10.1. The maximum Gasteiger partial charge on any atom is 0.337 e. The topological polar surface area (TPSA) is 42.2 Å². The molecule has 0 spiro atoms. The van der Waals surface area contributed by atoms with Gasteiger partial charge in [-0.25, -0.2) is 4.79 Å². The molecule has 0 saturated carbocycles. The fourth-order valence-electron chi connectivity index (χ4n) is 2.98. The van der Waals surface area contributed by atoms with E-state index in [0.29, 0.717) is 12.1 Å². The molecule has 2 aromatic carbocycles. The van der Waals surface area contributed by atoms with Crippen molar-refractivity contribution >= 4 is 28.2 Å². The van der Waals surface area contributed by atoms with Gasteiger partial charge in [0, 0.05) is 16.5 Å². The Morgan fingerprint density at radius 2 is 1.83 bits per heavy atom. The van der Waals surface area contributed by atoms with Crippen LogP contribution < -0.4 is 0 Å². The van der Waals surface area contributed by atoms with E-state index in [9.17, 15) is 9.90 Å². The smallest absolute Gasteiger partial charge is 0.337 e. The zero-order valence-corrected chi connectivity index (χ0v) is 13.7. The van der Waals surface area contributed by atoms with E-state index in [1.54, 1.807) is 23.5 Å². The number of thiophene rings is 1. The molecule has 1 N–H and O–H groups in total. The number of carbonyl (C=O) groups is 1. The maximum absolute atomic E-state index is 11.5. The Bertz CT molecular complexity index is 1010. The molecule has 3 nitrogen and oxygen atoms in total. The van der Waals surface area contributed by atoms with Crippen LogP contribution in [0.3, 0.4) is 0 Å². The fraction of sp³-hybridized carbons (Fsp3) is 0.0500. The van der Waals surface area contributed by atoms with Gasteiger partial charge < -0.3 is 9.67 Å². The zero-order chi connectivity index (χ0) is 16.5. The highest BCUT2D eigenvalue weighted by molar-refractivity contribution is 7.10. The SMILES string of the molecule is O=C(O)c1cccc2ccn(Cc3cc(-c4ccccc4)cs3)c12. The summed E-state index contributed by atoms with van der Waals surface area (Å²) in [4.78, 5) is 12.7. The van der Waals surface area contributed by atoms with Crippen LogP contribution in [-0.4, -0.2) is 15.6 Å². The molecule has 24 heavy (non-hydrogen) atoms. The van der Waals surface area contributed by atoms with Crippen molar-refractivity contribution in [3.63, 3.8) is 0 Å². The molecule has 0 aliphatic heterocycles. The maximum atomic E-state index is 11.5. The van der Waals surface area contributed by atoms with Crippen LogP contribution in [0.25, 0.3) is 22.0 Å². The summed E-state index contributed by atoms with van der Waals surface area (Å²) in [6, 6.07) is 19.8. The minimum Gasteiger partial charge on any atom is -0.478 e. The molecule has 4 heteroatoms. The largest absolute Gasteiger partial charge is 0.478 e. The molecular weight excluding hydrogens is 318 g/mol. The lowest BCUT2D eigenvalue weighted by molar-refractivity contribution is 0.0698. The minimum atomic E-state index is -0.892. The van der Waals surface area contributed by atoms with Crippen LogP contribution in [0.15, 0.2) is 72.2 Å². The van der Waals surface area contributed by atoms with Gasteiger partial charge in [-0.3, -0.25) is 0 Å². The lowest BCUT2D eigenvalue weighted by Gasteiger charge is -2.06. The summed E-state index contributed by atoms with van der Waals surface area (Å²) in [5.74, 6) is -0.892. The molecule has 0 radical (unpaired) electrons. The predicted octanol–water partition coefficient (Wildman–Crippen LogP) is 5.12. The zero-order valence-electron chi connectivity index (χ0n) is 12.8. The Labute approximate surface area is 143 Å². The van der Waals surface area contributed by atoms with Crippen molar-refractivity contribution in [2.24, 2.45) is 0 Å². The van der Waals surface area contributed by atoms with Gasteiger partial charge in [0.1, 0.15) is 0 Å². The van der Waals surface area contributed by atoms with Crippen molar-refractivity contribution in [3.05, 3.63) is 82.7 Å². The van der Waals surface area contributed by atoms with Crippen LogP contribution in [0.2, 0.25) is 0 Å². The quantitative estimate of drug-likeness (QED) is 0.563. The average molecular weight is 333 g/mol. The minimum absolute atomic E-state index is 0.345. The van der Waals surface area contributed by atoms with E-state index in [1.165, 1.54) is 16.0 Å². The van der Waals surface area contributed by atoms with Crippen molar-refractivity contribution in [1.82, 2.24) is 4.57 Å². The molecular formula is C20H15NO2S. The van der Waals surface area contributed by atoms with Gasteiger partial charge in [-0.2, -0.15) is 0 Å². The summed E-state index contributed by atoms with van der Waals surface area (Å²) >= 11 is 1.70. The molecule has 118 valence electrons. The van der Waals surface area contributed by atoms with Crippen molar-refractivity contribution in [3.8, 4) is 11.1 Å². The monoisotopic (exact) mass is 333 g/mol. The number of aromatic carboxylic acids is 1. The number of para-hydroxylation sites is 1. The summed E-state index contributed by atoms with van der Waals surface area (Å²) in [7, 11) is 0. The van der Waals surface area contributed by atoms with Gasteiger partial charge in [0.2, 0.25) is 0 Å². The van der Waals surface area contributed by atoms with Gasteiger partial charge in [0.05, 0.1) is 17.6 Å². The van der Waals surface area contributed by atoms with E-state index in [4.69, 9.17) is 0 Å². The molecule has 0 aliphatic carbocycles. The van der Waals surface area contributed by atoms with Crippen LogP contribution in [0.4, 0.5) is 0 Å². The van der Waals surface area contributed by atoms with Gasteiger partial charge >= 0.3 is 5.97 Å². The van der Waals surface area contributed by atoms with Crippen LogP contribution in [0, 0.1) is 0 Å². The highest BCUT2D eigenvalue weighted by Crippen LogP contribution is 2.28. The fourth-order valence-corrected chi connectivity index (χ4v) is 3.87. The third kappa shape index (κ3) is 2.61. The number of hydrogen-bond donors (Lipinski definition) is 1. The number of carboxylic acids is 1. The molecule has 0 bridgehead atoms. The normalized spacial score (nSPS) is 11.0. The Hall–Kier alpha value is -2.85. The van der Waals surface area contributed by atoms with Crippen molar-refractivity contribution in [2.45, 2.75) is 6.54 Å². The molecule has 0 fully saturated rings. The van der Waals surface area contributed by atoms with Gasteiger partial charge in [-0.1, -0.05) is 42.5 Å².